The fourth-order valence-corrected chi connectivity index (χ4v) is 4.54. The zero-order chi connectivity index (χ0) is 23.9. The molecule has 0 bridgehead atoms. The zero-order valence-corrected chi connectivity index (χ0v) is 19.8. The molecule has 5 heteroatoms. The van der Waals surface area contributed by atoms with Crippen LogP contribution in [0.3, 0.4) is 0 Å². The average Bonchev–Trinajstić information content (AvgIpc) is 3.59. The van der Waals surface area contributed by atoms with Gasteiger partial charge in [-0.3, -0.25) is 4.79 Å². The highest BCUT2D eigenvalue weighted by atomic mass is 16.3. The van der Waals surface area contributed by atoms with Crippen LogP contribution in [-0.4, -0.2) is 15.6 Å². The van der Waals surface area contributed by atoms with E-state index in [1.54, 1.807) is 4.57 Å². The van der Waals surface area contributed by atoms with Gasteiger partial charge in [0.1, 0.15) is 0 Å². The monoisotopic (exact) mass is 451 g/mol. The SMILES string of the molecule is CC(C)(C)c1ccc([C@@H]2C[C@@H]2C(=O)N=Nc2c(O)n(Cc3ccccc3)c3ccccc23)cc1. The third-order valence-corrected chi connectivity index (χ3v) is 6.66. The molecule has 1 saturated carbocycles. The zero-order valence-electron chi connectivity index (χ0n) is 19.8. The maximum absolute atomic E-state index is 12.8. The van der Waals surface area contributed by atoms with Gasteiger partial charge in [0.15, 0.2) is 5.69 Å². The van der Waals surface area contributed by atoms with E-state index in [-0.39, 0.29) is 29.0 Å². The van der Waals surface area contributed by atoms with E-state index in [1.807, 2.05) is 54.6 Å². The molecule has 0 radical (unpaired) electrons. The second kappa shape index (κ2) is 8.56. The lowest BCUT2D eigenvalue weighted by Crippen LogP contribution is -2.10. The van der Waals surface area contributed by atoms with Gasteiger partial charge in [-0.2, -0.15) is 0 Å². The molecule has 1 aromatic heterocycles. The van der Waals surface area contributed by atoms with Crippen molar-refractivity contribution in [2.75, 3.05) is 0 Å². The summed E-state index contributed by atoms with van der Waals surface area (Å²) in [6, 6.07) is 26.1. The summed E-state index contributed by atoms with van der Waals surface area (Å²) in [5.74, 6) is -0.173. The smallest absolute Gasteiger partial charge is 0.268 e. The normalized spacial score (nSPS) is 18.0. The number of hydrogen-bond acceptors (Lipinski definition) is 3. The Hall–Kier alpha value is -3.73. The Kier molecular flexibility index (Phi) is 5.56. The van der Waals surface area contributed by atoms with E-state index < -0.39 is 0 Å². The lowest BCUT2D eigenvalue weighted by atomic mass is 9.86. The maximum atomic E-state index is 12.8. The lowest BCUT2D eigenvalue weighted by Gasteiger charge is -2.19. The van der Waals surface area contributed by atoms with Gasteiger partial charge in [0.25, 0.3) is 5.91 Å². The minimum atomic E-state index is -0.232. The maximum Gasteiger partial charge on any atom is 0.268 e. The number of aromatic hydroxyl groups is 1. The molecule has 1 aliphatic rings. The van der Waals surface area contributed by atoms with Crippen LogP contribution in [0.25, 0.3) is 10.9 Å². The predicted molar refractivity (Wildman–Crippen MR) is 135 cm³/mol. The molecular weight excluding hydrogens is 422 g/mol. The van der Waals surface area contributed by atoms with Crippen LogP contribution in [0, 0.1) is 5.92 Å². The summed E-state index contributed by atoms with van der Waals surface area (Å²) in [4.78, 5) is 12.8. The summed E-state index contributed by atoms with van der Waals surface area (Å²) in [7, 11) is 0. The molecule has 4 aromatic rings. The molecule has 34 heavy (non-hydrogen) atoms. The Labute approximate surface area is 199 Å². The molecule has 1 amide bonds. The topological polar surface area (TPSA) is 66.9 Å². The summed E-state index contributed by atoms with van der Waals surface area (Å²) in [6.07, 6.45) is 0.786. The van der Waals surface area contributed by atoms with E-state index in [4.69, 9.17) is 0 Å². The molecule has 1 N–H and O–H groups in total. The Morgan fingerprint density at radius 1 is 0.971 bits per heavy atom. The Balaban J connectivity index is 1.35. The van der Waals surface area contributed by atoms with Crippen LogP contribution < -0.4 is 0 Å². The van der Waals surface area contributed by atoms with Gasteiger partial charge in [0.2, 0.25) is 5.88 Å². The van der Waals surface area contributed by atoms with E-state index in [0.717, 1.165) is 22.9 Å². The van der Waals surface area contributed by atoms with Gasteiger partial charge in [0.05, 0.1) is 12.1 Å². The second-order valence-corrected chi connectivity index (χ2v) is 10.1. The van der Waals surface area contributed by atoms with E-state index in [9.17, 15) is 9.90 Å². The minimum absolute atomic E-state index is 0.0201. The van der Waals surface area contributed by atoms with Gasteiger partial charge in [-0.1, -0.05) is 93.6 Å². The molecule has 5 nitrogen and oxygen atoms in total. The number of fused-ring (bicyclic) bond motifs is 1. The molecule has 1 aliphatic carbocycles. The molecule has 0 spiro atoms. The molecule has 0 saturated heterocycles. The Bertz CT molecular complexity index is 1360. The van der Waals surface area contributed by atoms with Crippen molar-refractivity contribution >= 4 is 22.5 Å². The van der Waals surface area contributed by atoms with Crippen molar-refractivity contribution in [2.24, 2.45) is 16.1 Å². The van der Waals surface area contributed by atoms with E-state index >= 15 is 0 Å². The first kappa shape index (κ1) is 22.1. The first-order valence-electron chi connectivity index (χ1n) is 11.7. The third kappa shape index (κ3) is 4.26. The van der Waals surface area contributed by atoms with Crippen molar-refractivity contribution in [3.8, 4) is 5.88 Å². The standard InChI is InChI=1S/C29H29N3O2/c1-29(2,3)21-15-13-20(14-16-21)23-17-24(23)27(33)31-30-26-22-11-7-8-12-25(22)32(28(26)34)18-19-9-5-4-6-10-19/h4-16,23-24,34H,17-18H2,1-3H3/t23-,24-/m0/s1. The predicted octanol–water partition coefficient (Wildman–Crippen LogP) is 7.11. The molecular formula is C29H29N3O2. The average molecular weight is 452 g/mol. The second-order valence-electron chi connectivity index (χ2n) is 10.1. The molecule has 0 unspecified atom stereocenters. The fourth-order valence-electron chi connectivity index (χ4n) is 4.54. The van der Waals surface area contributed by atoms with E-state index in [0.29, 0.717) is 12.2 Å². The van der Waals surface area contributed by atoms with Crippen molar-refractivity contribution in [3.05, 3.63) is 95.6 Å². The fraction of sp³-hybridized carbons (Fsp3) is 0.276. The number of carbonyl (C=O) groups is 1. The van der Waals surface area contributed by atoms with E-state index in [2.05, 4.69) is 55.3 Å². The number of para-hydroxylation sites is 1. The van der Waals surface area contributed by atoms with Crippen molar-refractivity contribution < 1.29 is 9.90 Å². The molecule has 1 heterocycles. The molecule has 0 aliphatic heterocycles. The highest BCUT2D eigenvalue weighted by Crippen LogP contribution is 2.49. The highest BCUT2D eigenvalue weighted by molar-refractivity contribution is 5.95. The Morgan fingerprint density at radius 2 is 1.65 bits per heavy atom. The first-order valence-corrected chi connectivity index (χ1v) is 11.7. The van der Waals surface area contributed by atoms with Gasteiger partial charge in [-0.25, -0.2) is 0 Å². The van der Waals surface area contributed by atoms with Gasteiger partial charge in [-0.15, -0.1) is 10.2 Å². The van der Waals surface area contributed by atoms with Crippen LogP contribution in [0.5, 0.6) is 5.88 Å². The number of rotatable bonds is 5. The van der Waals surface area contributed by atoms with Gasteiger partial charge < -0.3 is 9.67 Å². The van der Waals surface area contributed by atoms with Crippen LogP contribution in [-0.2, 0) is 16.8 Å². The molecule has 2 atom stereocenters. The summed E-state index contributed by atoms with van der Waals surface area (Å²) < 4.78 is 1.81. The van der Waals surface area contributed by atoms with Crippen LogP contribution in [0.15, 0.2) is 89.1 Å². The molecule has 1 fully saturated rings. The minimum Gasteiger partial charge on any atom is -0.493 e. The largest absolute Gasteiger partial charge is 0.493 e. The van der Waals surface area contributed by atoms with Crippen molar-refractivity contribution in [1.82, 2.24) is 4.57 Å². The van der Waals surface area contributed by atoms with Crippen molar-refractivity contribution in [3.63, 3.8) is 0 Å². The number of azo groups is 1. The summed E-state index contributed by atoms with van der Waals surface area (Å²) in [5.41, 5.74) is 4.81. The summed E-state index contributed by atoms with van der Waals surface area (Å²) >= 11 is 0. The van der Waals surface area contributed by atoms with Crippen molar-refractivity contribution in [2.45, 2.75) is 45.1 Å². The highest BCUT2D eigenvalue weighted by Gasteiger charge is 2.44. The summed E-state index contributed by atoms with van der Waals surface area (Å²) in [5, 5.41) is 20.0. The number of amides is 1. The van der Waals surface area contributed by atoms with Crippen LogP contribution >= 0.6 is 0 Å². The Morgan fingerprint density at radius 3 is 2.35 bits per heavy atom. The number of hydrogen-bond donors (Lipinski definition) is 1. The van der Waals surface area contributed by atoms with Crippen LogP contribution in [0.4, 0.5) is 5.69 Å². The van der Waals surface area contributed by atoms with Crippen LogP contribution in [0.1, 0.15) is 49.8 Å². The third-order valence-electron chi connectivity index (χ3n) is 6.66. The number of nitrogens with zero attached hydrogens (tertiary/aromatic N) is 3. The molecule has 3 aromatic carbocycles. The van der Waals surface area contributed by atoms with Crippen LogP contribution in [0.2, 0.25) is 0 Å². The quantitative estimate of drug-likeness (QED) is 0.329. The van der Waals surface area contributed by atoms with Crippen molar-refractivity contribution in [1.29, 1.82) is 0 Å². The van der Waals surface area contributed by atoms with Gasteiger partial charge in [0, 0.05) is 11.3 Å². The number of carbonyl (C=O) groups excluding carboxylic acids is 1. The lowest BCUT2D eigenvalue weighted by molar-refractivity contribution is -0.119. The molecule has 172 valence electrons. The van der Waals surface area contributed by atoms with Gasteiger partial charge in [-0.05, 0) is 40.5 Å². The van der Waals surface area contributed by atoms with E-state index in [1.165, 1.54) is 11.1 Å². The van der Waals surface area contributed by atoms with Gasteiger partial charge >= 0.3 is 0 Å². The number of aromatic nitrogens is 1. The summed E-state index contributed by atoms with van der Waals surface area (Å²) in [6.45, 7) is 7.08. The first-order chi connectivity index (χ1) is 16.3. The molecule has 5 rings (SSSR count). The number of benzene rings is 3.